The van der Waals surface area contributed by atoms with Gasteiger partial charge in [-0.2, -0.15) is 0 Å². The van der Waals surface area contributed by atoms with E-state index in [4.69, 9.17) is 10.5 Å². The molecule has 18 heavy (non-hydrogen) atoms. The maximum absolute atomic E-state index is 5.82. The molecule has 0 aliphatic carbocycles. The summed E-state index contributed by atoms with van der Waals surface area (Å²) in [6.45, 7) is 2.50. The third kappa shape index (κ3) is 3.27. The van der Waals surface area contributed by atoms with Crippen LogP contribution >= 0.6 is 31.9 Å². The minimum absolute atomic E-state index is 0.529. The van der Waals surface area contributed by atoms with Gasteiger partial charge in [0.05, 0.1) is 4.47 Å². The zero-order valence-electron chi connectivity index (χ0n) is 9.91. The molecule has 0 spiro atoms. The van der Waals surface area contributed by atoms with Crippen molar-refractivity contribution in [2.24, 2.45) is 0 Å². The van der Waals surface area contributed by atoms with Crippen molar-refractivity contribution in [1.29, 1.82) is 0 Å². The molecule has 94 valence electrons. The molecule has 2 aromatic carbocycles. The van der Waals surface area contributed by atoms with Gasteiger partial charge in [-0.05, 0) is 58.2 Å². The maximum atomic E-state index is 5.82. The van der Waals surface area contributed by atoms with Crippen LogP contribution in [-0.4, -0.2) is 0 Å². The summed E-state index contributed by atoms with van der Waals surface area (Å²) in [5.41, 5.74) is 8.72. The lowest BCUT2D eigenvalue weighted by molar-refractivity contribution is 0.304. The highest BCUT2D eigenvalue weighted by Gasteiger charge is 2.05. The predicted octanol–water partition coefficient (Wildman–Crippen LogP) is 4.68. The molecule has 0 atom stereocenters. The van der Waals surface area contributed by atoms with Crippen molar-refractivity contribution < 1.29 is 4.74 Å². The van der Waals surface area contributed by atoms with Gasteiger partial charge < -0.3 is 10.5 Å². The molecule has 2 nitrogen and oxygen atoms in total. The highest BCUT2D eigenvalue weighted by Crippen LogP contribution is 2.30. The van der Waals surface area contributed by atoms with Gasteiger partial charge in [-0.3, -0.25) is 0 Å². The van der Waals surface area contributed by atoms with E-state index in [1.54, 1.807) is 0 Å². The molecular formula is C14H13Br2NO. The third-order valence-corrected chi connectivity index (χ3v) is 3.72. The Morgan fingerprint density at radius 2 is 1.94 bits per heavy atom. The van der Waals surface area contributed by atoms with Gasteiger partial charge in [-0.25, -0.2) is 0 Å². The molecule has 2 aromatic rings. The Hall–Kier alpha value is -1.00. The molecule has 2 rings (SSSR count). The average molecular weight is 371 g/mol. The SMILES string of the molecule is Cc1cc(OCc2cccc(Br)c2)c(Br)cc1N. The smallest absolute Gasteiger partial charge is 0.134 e. The van der Waals surface area contributed by atoms with Crippen molar-refractivity contribution in [2.45, 2.75) is 13.5 Å². The van der Waals surface area contributed by atoms with Crippen LogP contribution < -0.4 is 10.5 Å². The van der Waals surface area contributed by atoms with Crippen molar-refractivity contribution in [3.8, 4) is 5.75 Å². The zero-order chi connectivity index (χ0) is 13.1. The fourth-order valence-corrected chi connectivity index (χ4v) is 2.49. The second-order valence-corrected chi connectivity index (χ2v) is 5.83. The number of hydrogen-bond donors (Lipinski definition) is 1. The lowest BCUT2D eigenvalue weighted by Gasteiger charge is -2.11. The molecule has 0 aliphatic rings. The Bertz CT molecular complexity index is 570. The standard InChI is InChI=1S/C14H13Br2NO/c1-9-5-14(12(16)7-13(9)17)18-8-10-3-2-4-11(15)6-10/h2-7H,8,17H2,1H3. The monoisotopic (exact) mass is 369 g/mol. The largest absolute Gasteiger partial charge is 0.488 e. The Balaban J connectivity index is 2.13. The fourth-order valence-electron chi connectivity index (χ4n) is 1.57. The number of halogens is 2. The van der Waals surface area contributed by atoms with E-state index in [2.05, 4.69) is 31.9 Å². The van der Waals surface area contributed by atoms with Gasteiger partial charge in [0.25, 0.3) is 0 Å². The first-order chi connectivity index (χ1) is 8.56. The normalized spacial score (nSPS) is 10.4. The first-order valence-corrected chi connectivity index (χ1v) is 7.08. The van der Waals surface area contributed by atoms with Crippen molar-refractivity contribution >= 4 is 37.5 Å². The second-order valence-electron chi connectivity index (χ2n) is 4.06. The highest BCUT2D eigenvalue weighted by atomic mass is 79.9. The van der Waals surface area contributed by atoms with E-state index in [9.17, 15) is 0 Å². The van der Waals surface area contributed by atoms with Crippen LogP contribution in [0.4, 0.5) is 5.69 Å². The van der Waals surface area contributed by atoms with Crippen molar-refractivity contribution in [3.63, 3.8) is 0 Å². The molecule has 0 amide bonds. The van der Waals surface area contributed by atoms with E-state index in [0.717, 1.165) is 31.5 Å². The van der Waals surface area contributed by atoms with Crippen molar-refractivity contribution in [3.05, 3.63) is 56.5 Å². The van der Waals surface area contributed by atoms with Gasteiger partial charge in [0.2, 0.25) is 0 Å². The molecule has 0 heterocycles. The number of aryl methyl sites for hydroxylation is 1. The van der Waals surface area contributed by atoms with E-state index < -0.39 is 0 Å². The summed E-state index contributed by atoms with van der Waals surface area (Å²) in [6.07, 6.45) is 0. The maximum Gasteiger partial charge on any atom is 0.134 e. The van der Waals surface area contributed by atoms with Crippen LogP contribution in [0.3, 0.4) is 0 Å². The van der Waals surface area contributed by atoms with Gasteiger partial charge in [0.1, 0.15) is 12.4 Å². The number of ether oxygens (including phenoxy) is 1. The Labute approximate surface area is 123 Å². The highest BCUT2D eigenvalue weighted by molar-refractivity contribution is 9.10. The number of anilines is 1. The molecule has 0 bridgehead atoms. The molecule has 0 unspecified atom stereocenters. The van der Waals surface area contributed by atoms with E-state index in [-0.39, 0.29) is 0 Å². The summed E-state index contributed by atoms with van der Waals surface area (Å²) in [4.78, 5) is 0. The van der Waals surface area contributed by atoms with Gasteiger partial charge in [-0.15, -0.1) is 0 Å². The molecule has 4 heteroatoms. The Kier molecular flexibility index (Phi) is 4.30. The van der Waals surface area contributed by atoms with E-state index >= 15 is 0 Å². The number of hydrogen-bond acceptors (Lipinski definition) is 2. The lowest BCUT2D eigenvalue weighted by atomic mass is 10.2. The Morgan fingerprint density at radius 3 is 2.67 bits per heavy atom. The van der Waals surface area contributed by atoms with E-state index in [1.807, 2.05) is 43.3 Å². The first-order valence-electron chi connectivity index (χ1n) is 5.49. The third-order valence-electron chi connectivity index (χ3n) is 2.60. The van der Waals surface area contributed by atoms with Gasteiger partial charge in [-0.1, -0.05) is 28.1 Å². The van der Waals surface area contributed by atoms with Crippen LogP contribution in [0.1, 0.15) is 11.1 Å². The minimum atomic E-state index is 0.529. The fraction of sp³-hybridized carbons (Fsp3) is 0.143. The summed E-state index contributed by atoms with van der Waals surface area (Å²) in [5.74, 6) is 0.807. The topological polar surface area (TPSA) is 35.2 Å². The molecule has 0 radical (unpaired) electrons. The summed E-state index contributed by atoms with van der Waals surface area (Å²) in [5, 5.41) is 0. The molecule has 0 aliphatic heterocycles. The molecule has 0 fully saturated rings. The number of nitrogens with two attached hydrogens (primary N) is 1. The van der Waals surface area contributed by atoms with Crippen molar-refractivity contribution in [2.75, 3.05) is 5.73 Å². The van der Waals surface area contributed by atoms with E-state index in [1.165, 1.54) is 0 Å². The molecule has 2 N–H and O–H groups in total. The van der Waals surface area contributed by atoms with E-state index in [0.29, 0.717) is 6.61 Å². The second kappa shape index (κ2) is 5.76. The number of benzene rings is 2. The number of rotatable bonds is 3. The van der Waals surface area contributed by atoms with Crippen LogP contribution in [-0.2, 0) is 6.61 Å². The minimum Gasteiger partial charge on any atom is -0.488 e. The molecule has 0 saturated heterocycles. The van der Waals surface area contributed by atoms with Crippen molar-refractivity contribution in [1.82, 2.24) is 0 Å². The summed E-state index contributed by atoms with van der Waals surface area (Å²) in [6, 6.07) is 11.9. The predicted molar refractivity (Wildman–Crippen MR) is 81.8 cm³/mol. The van der Waals surface area contributed by atoms with Gasteiger partial charge in [0, 0.05) is 10.2 Å². The number of nitrogen functional groups attached to an aromatic ring is 1. The lowest BCUT2D eigenvalue weighted by Crippen LogP contribution is -1.98. The average Bonchev–Trinajstić information content (AvgIpc) is 2.32. The first kappa shape index (κ1) is 13.4. The van der Waals surface area contributed by atoms with Crippen LogP contribution in [0.5, 0.6) is 5.75 Å². The molecule has 0 saturated carbocycles. The zero-order valence-corrected chi connectivity index (χ0v) is 13.1. The summed E-state index contributed by atoms with van der Waals surface area (Å²) >= 11 is 6.90. The van der Waals surface area contributed by atoms with Crippen LogP contribution in [0, 0.1) is 6.92 Å². The quantitative estimate of drug-likeness (QED) is 0.796. The van der Waals surface area contributed by atoms with Crippen LogP contribution in [0.25, 0.3) is 0 Å². The Morgan fingerprint density at radius 1 is 1.17 bits per heavy atom. The van der Waals surface area contributed by atoms with Gasteiger partial charge >= 0.3 is 0 Å². The molecule has 0 aromatic heterocycles. The summed E-state index contributed by atoms with van der Waals surface area (Å²) < 4.78 is 7.72. The van der Waals surface area contributed by atoms with Crippen LogP contribution in [0.2, 0.25) is 0 Å². The van der Waals surface area contributed by atoms with Gasteiger partial charge in [0.15, 0.2) is 0 Å². The van der Waals surface area contributed by atoms with Crippen LogP contribution in [0.15, 0.2) is 45.3 Å². The summed E-state index contributed by atoms with van der Waals surface area (Å²) in [7, 11) is 0. The molecular weight excluding hydrogens is 358 g/mol.